The van der Waals surface area contributed by atoms with Gasteiger partial charge in [-0.25, -0.2) is 9.69 Å². The second-order valence-electron chi connectivity index (χ2n) is 16.0. The molecule has 0 saturated heterocycles. The van der Waals surface area contributed by atoms with E-state index in [9.17, 15) is 58.5 Å². The molecule has 0 heterocycles. The zero-order valence-electron chi connectivity index (χ0n) is 35.2. The van der Waals surface area contributed by atoms with Gasteiger partial charge < -0.3 is 53.4 Å². The van der Waals surface area contributed by atoms with E-state index in [-0.39, 0.29) is 37.9 Å². The Balaban J connectivity index is 1.80. The molecule has 1 aliphatic rings. The summed E-state index contributed by atoms with van der Waals surface area (Å²) in [5.74, 6) is -9.21. The molecule has 20 nitrogen and oxygen atoms in total. The normalized spacial score (nSPS) is 17.3. The van der Waals surface area contributed by atoms with Crippen LogP contribution in [0.2, 0.25) is 0 Å². The summed E-state index contributed by atoms with van der Waals surface area (Å²) >= 11 is 0. The number of hydrogen-bond acceptors (Lipinski definition) is 11. The highest BCUT2D eigenvalue weighted by atomic mass is 16.4. The molecule has 2 aromatic carbocycles. The highest BCUT2D eigenvalue weighted by Gasteiger charge is 2.40. The first-order chi connectivity index (χ1) is 29.2. The Kier molecular flexibility index (Phi) is 18.8. The number of nitrogens with zero attached hydrogens (tertiary/aromatic N) is 1. The van der Waals surface area contributed by atoms with Crippen molar-refractivity contribution < 1.29 is 58.5 Å². The molecule has 0 radical (unpaired) electrons. The third-order valence-corrected chi connectivity index (χ3v) is 10.4. The third kappa shape index (κ3) is 15.2. The molecular weight excluding hydrogens is 809 g/mol. The third-order valence-electron chi connectivity index (χ3n) is 10.4. The van der Waals surface area contributed by atoms with Crippen LogP contribution in [-0.4, -0.2) is 116 Å². The number of carbonyl (C=O) groups is 9. The molecule has 1 saturated carbocycles. The van der Waals surface area contributed by atoms with Crippen LogP contribution in [0, 0.1) is 17.8 Å². The van der Waals surface area contributed by atoms with Crippen molar-refractivity contribution in [1.29, 1.82) is 0 Å². The van der Waals surface area contributed by atoms with Crippen molar-refractivity contribution in [3.63, 3.8) is 0 Å². The van der Waals surface area contributed by atoms with Crippen LogP contribution < -0.4 is 38.1 Å². The number of benzene rings is 2. The number of hydrogen-bond donors (Lipinski definition) is 10. The van der Waals surface area contributed by atoms with Gasteiger partial charge >= 0.3 is 12.1 Å². The second kappa shape index (κ2) is 23.4. The lowest BCUT2D eigenvalue weighted by Gasteiger charge is -2.35. The Morgan fingerprint density at radius 2 is 1.27 bits per heavy atom. The molecule has 0 bridgehead atoms. The van der Waals surface area contributed by atoms with Gasteiger partial charge in [0.15, 0.2) is 0 Å². The van der Waals surface area contributed by atoms with Crippen molar-refractivity contribution in [3.8, 4) is 5.75 Å². The Morgan fingerprint density at radius 3 is 1.84 bits per heavy atom. The number of nitrogens with one attached hydrogen (secondary N) is 5. The minimum atomic E-state index is -1.75. The largest absolute Gasteiger partial charge is 0.508 e. The molecule has 0 aliphatic heterocycles. The first kappa shape index (κ1) is 49.8. The fourth-order valence-electron chi connectivity index (χ4n) is 7.07. The zero-order chi connectivity index (χ0) is 46.3. The van der Waals surface area contributed by atoms with Gasteiger partial charge in [0.05, 0.1) is 19.0 Å². The van der Waals surface area contributed by atoms with Crippen molar-refractivity contribution >= 4 is 53.4 Å². The van der Waals surface area contributed by atoms with E-state index in [2.05, 4.69) is 26.6 Å². The molecule has 20 heteroatoms. The van der Waals surface area contributed by atoms with Crippen LogP contribution in [0.1, 0.15) is 70.9 Å². The second-order valence-corrected chi connectivity index (χ2v) is 16.0. The maximum absolute atomic E-state index is 14.0. The first-order valence-electron chi connectivity index (χ1n) is 20.3. The monoisotopic (exact) mass is 866 g/mol. The fraction of sp³-hybridized carbons (Fsp3) is 0.500. The van der Waals surface area contributed by atoms with Gasteiger partial charge in [-0.2, -0.15) is 0 Å². The first-order valence-corrected chi connectivity index (χ1v) is 20.3. The van der Waals surface area contributed by atoms with Gasteiger partial charge in [0.1, 0.15) is 29.9 Å². The summed E-state index contributed by atoms with van der Waals surface area (Å²) in [6, 6.07) is 6.68. The molecule has 0 unspecified atom stereocenters. The maximum Gasteiger partial charge on any atom is 0.414 e. The molecule has 0 aromatic heterocycles. The Bertz CT molecular complexity index is 1930. The van der Waals surface area contributed by atoms with Crippen LogP contribution in [0.4, 0.5) is 4.79 Å². The Labute approximate surface area is 358 Å². The number of phenolic OH excluding ortho intramolecular Hbond substituents is 1. The average Bonchev–Trinajstić information content (AvgIpc) is 3.21. The summed E-state index contributed by atoms with van der Waals surface area (Å²) < 4.78 is 0. The number of imide groups is 1. The molecule has 62 heavy (non-hydrogen) atoms. The minimum Gasteiger partial charge on any atom is -0.508 e. The standard InChI is InChI=1S/C42H58N8O12/c1-22(2)34(39(58)45-21-32(44)52)49-40(59)35(23(3)4)48-38(57)31(20-33(53)54)47-37(56)30(18-24-9-6-5-7-10-24)46-36(55)26-11-8-12-27(19-26)50(42(61)62)41(60)29(43)17-25-13-15-28(51)16-14-25/h5-7,9-10,13-16,22-23,26-27,29-31,34-35,51H,8,11-12,17-21,43H2,1-4H3,(H2,44,52)(H,45,58)(H,46,55)(H,47,56)(H,48,57)(H,49,59)(H,53,54)(H,61,62)/t26-,27+,29-,30-,31-,34-,35-/m0/s1. The van der Waals surface area contributed by atoms with Crippen LogP contribution in [-0.2, 0) is 51.2 Å². The van der Waals surface area contributed by atoms with E-state index in [0.717, 1.165) is 0 Å². The molecule has 8 amide bonds. The van der Waals surface area contributed by atoms with E-state index in [1.807, 2.05) is 0 Å². The lowest BCUT2D eigenvalue weighted by atomic mass is 9.83. The van der Waals surface area contributed by atoms with Crippen molar-refractivity contribution in [1.82, 2.24) is 31.5 Å². The molecule has 3 rings (SSSR count). The number of aromatic hydroxyl groups is 1. The van der Waals surface area contributed by atoms with E-state index in [0.29, 0.717) is 22.4 Å². The molecule has 12 N–H and O–H groups in total. The smallest absolute Gasteiger partial charge is 0.414 e. The van der Waals surface area contributed by atoms with E-state index < -0.39 is 120 Å². The van der Waals surface area contributed by atoms with Gasteiger partial charge in [0.25, 0.3) is 0 Å². The summed E-state index contributed by atoms with van der Waals surface area (Å²) in [6.07, 6.45) is -1.77. The van der Waals surface area contributed by atoms with E-state index in [1.165, 1.54) is 12.1 Å². The highest BCUT2D eigenvalue weighted by Crippen LogP contribution is 2.29. The summed E-state index contributed by atoms with van der Waals surface area (Å²) in [7, 11) is 0. The van der Waals surface area contributed by atoms with Crippen molar-refractivity contribution in [2.24, 2.45) is 29.2 Å². The van der Waals surface area contributed by atoms with Gasteiger partial charge in [-0.3, -0.25) is 38.4 Å². The predicted octanol–water partition coefficient (Wildman–Crippen LogP) is -0.102. The zero-order valence-corrected chi connectivity index (χ0v) is 35.2. The van der Waals surface area contributed by atoms with Crippen LogP contribution >= 0.6 is 0 Å². The summed E-state index contributed by atoms with van der Waals surface area (Å²) in [6.45, 7) is 5.97. The average molecular weight is 867 g/mol. The van der Waals surface area contributed by atoms with E-state index in [4.69, 9.17) is 11.5 Å². The van der Waals surface area contributed by atoms with Gasteiger partial charge in [-0.05, 0) is 60.8 Å². The minimum absolute atomic E-state index is 0.00364. The lowest BCUT2D eigenvalue weighted by molar-refractivity contribution is -0.142. The van der Waals surface area contributed by atoms with E-state index >= 15 is 0 Å². The lowest BCUT2D eigenvalue weighted by Crippen LogP contribution is -2.60. The van der Waals surface area contributed by atoms with Crippen molar-refractivity contribution in [2.45, 2.75) is 109 Å². The van der Waals surface area contributed by atoms with Crippen LogP contribution in [0.25, 0.3) is 0 Å². The molecule has 2 aromatic rings. The molecule has 1 aliphatic carbocycles. The number of aliphatic carboxylic acids is 1. The summed E-state index contributed by atoms with van der Waals surface area (Å²) in [5, 5.41) is 41.9. The van der Waals surface area contributed by atoms with Crippen molar-refractivity contribution in [3.05, 3.63) is 65.7 Å². The van der Waals surface area contributed by atoms with Gasteiger partial charge in [0, 0.05) is 18.4 Å². The van der Waals surface area contributed by atoms with Gasteiger partial charge in [-0.1, -0.05) is 76.6 Å². The fourth-order valence-corrected chi connectivity index (χ4v) is 7.07. The van der Waals surface area contributed by atoms with Crippen molar-refractivity contribution in [2.75, 3.05) is 6.54 Å². The SMILES string of the molecule is CC(C)[C@H](NC(=O)[C@H](CC(=O)O)NC(=O)[C@H](Cc1ccccc1)NC(=O)[C@H]1CCC[C@@H](N(C(=O)O)C(=O)[C@@H](N)Cc2ccc(O)cc2)C1)C(=O)N[C@H](C(=O)NCC(N)=O)C(C)C. The maximum atomic E-state index is 14.0. The number of nitrogens with two attached hydrogens (primary N) is 2. The summed E-state index contributed by atoms with van der Waals surface area (Å²) in [5.41, 5.74) is 12.5. The number of rotatable bonds is 21. The molecule has 338 valence electrons. The number of carbonyl (C=O) groups excluding carboxylic acids is 7. The highest BCUT2D eigenvalue weighted by molar-refractivity contribution is 5.98. The number of phenols is 1. The molecular formula is C42H58N8O12. The van der Waals surface area contributed by atoms with Gasteiger partial charge in [-0.15, -0.1) is 0 Å². The number of carboxylic acids is 1. The summed E-state index contributed by atoms with van der Waals surface area (Å²) in [4.78, 5) is 117. The van der Waals surface area contributed by atoms with Gasteiger partial charge in [0.2, 0.25) is 41.4 Å². The van der Waals surface area contributed by atoms with Crippen LogP contribution in [0.15, 0.2) is 54.6 Å². The quantitative estimate of drug-likeness (QED) is 0.0785. The molecule has 1 fully saturated rings. The number of primary amides is 1. The Morgan fingerprint density at radius 1 is 0.710 bits per heavy atom. The van der Waals surface area contributed by atoms with Crippen LogP contribution in [0.3, 0.4) is 0 Å². The number of carboxylic acid groups (broad SMARTS) is 2. The molecule has 0 spiro atoms. The number of amides is 8. The van der Waals surface area contributed by atoms with Crippen LogP contribution in [0.5, 0.6) is 5.75 Å². The predicted molar refractivity (Wildman–Crippen MR) is 222 cm³/mol. The van der Waals surface area contributed by atoms with E-state index in [1.54, 1.807) is 70.2 Å². The Hall–Kier alpha value is -6.57. The topological polar surface area (TPSA) is 330 Å². The molecule has 7 atom stereocenters.